The zero-order chi connectivity index (χ0) is 11.6. The van der Waals surface area contributed by atoms with Crippen molar-refractivity contribution in [3.05, 3.63) is 30.3 Å². The summed E-state index contributed by atoms with van der Waals surface area (Å²) in [5.41, 5.74) is 5.70. The van der Waals surface area contributed by atoms with Gasteiger partial charge in [0.1, 0.15) is 5.75 Å². The van der Waals surface area contributed by atoms with E-state index in [4.69, 9.17) is 9.92 Å². The SMILES string of the molecule is NC1CCC(S(=O)(=O)Oc2ccccc2)C1. The van der Waals surface area contributed by atoms with Crippen LogP contribution in [0.3, 0.4) is 0 Å². The topological polar surface area (TPSA) is 69.4 Å². The fraction of sp³-hybridized carbons (Fsp3) is 0.455. The number of hydrogen-bond acceptors (Lipinski definition) is 4. The third kappa shape index (κ3) is 2.54. The van der Waals surface area contributed by atoms with E-state index in [0.29, 0.717) is 18.6 Å². The van der Waals surface area contributed by atoms with Gasteiger partial charge >= 0.3 is 10.1 Å². The summed E-state index contributed by atoms with van der Waals surface area (Å²) < 4.78 is 28.8. The van der Waals surface area contributed by atoms with E-state index in [-0.39, 0.29) is 6.04 Å². The van der Waals surface area contributed by atoms with Gasteiger partial charge in [-0.1, -0.05) is 18.2 Å². The Labute approximate surface area is 95.5 Å². The molecule has 5 heteroatoms. The molecule has 1 fully saturated rings. The van der Waals surface area contributed by atoms with E-state index in [2.05, 4.69) is 0 Å². The minimum Gasteiger partial charge on any atom is -0.382 e. The van der Waals surface area contributed by atoms with E-state index in [9.17, 15) is 8.42 Å². The van der Waals surface area contributed by atoms with Crippen LogP contribution in [0.15, 0.2) is 30.3 Å². The van der Waals surface area contributed by atoms with Gasteiger partial charge in [0.15, 0.2) is 0 Å². The first-order valence-corrected chi connectivity index (χ1v) is 6.79. The van der Waals surface area contributed by atoms with E-state index < -0.39 is 15.4 Å². The summed E-state index contributed by atoms with van der Waals surface area (Å²) in [5.74, 6) is 0.364. The van der Waals surface area contributed by atoms with Crippen LogP contribution in [0.2, 0.25) is 0 Å². The fourth-order valence-electron chi connectivity index (χ4n) is 1.91. The van der Waals surface area contributed by atoms with Crippen molar-refractivity contribution in [3.63, 3.8) is 0 Å². The zero-order valence-electron chi connectivity index (χ0n) is 8.87. The van der Waals surface area contributed by atoms with Gasteiger partial charge in [0.2, 0.25) is 0 Å². The maximum atomic E-state index is 11.9. The highest BCUT2D eigenvalue weighted by molar-refractivity contribution is 7.87. The Morgan fingerprint density at radius 2 is 1.88 bits per heavy atom. The zero-order valence-corrected chi connectivity index (χ0v) is 9.69. The van der Waals surface area contributed by atoms with Crippen LogP contribution < -0.4 is 9.92 Å². The molecule has 1 saturated carbocycles. The molecule has 1 aliphatic rings. The first-order valence-electron chi connectivity index (χ1n) is 5.32. The molecule has 0 aliphatic heterocycles. The summed E-state index contributed by atoms with van der Waals surface area (Å²) in [6, 6.07) is 8.54. The molecule has 88 valence electrons. The van der Waals surface area contributed by atoms with Crippen molar-refractivity contribution in [2.75, 3.05) is 0 Å². The molecule has 1 aromatic carbocycles. The van der Waals surface area contributed by atoms with Crippen LogP contribution in [0, 0.1) is 0 Å². The van der Waals surface area contributed by atoms with Crippen molar-refractivity contribution in [3.8, 4) is 5.75 Å². The third-order valence-corrected chi connectivity index (χ3v) is 4.46. The molecule has 2 atom stereocenters. The molecule has 2 N–H and O–H groups in total. The maximum absolute atomic E-state index is 11.9. The van der Waals surface area contributed by atoms with Crippen molar-refractivity contribution in [2.24, 2.45) is 5.73 Å². The number of nitrogens with two attached hydrogens (primary N) is 1. The highest BCUT2D eigenvalue weighted by atomic mass is 32.2. The molecular formula is C11H15NO3S. The van der Waals surface area contributed by atoms with E-state index in [1.54, 1.807) is 24.3 Å². The van der Waals surface area contributed by atoms with Crippen LogP contribution in [0.25, 0.3) is 0 Å². The molecule has 0 spiro atoms. The van der Waals surface area contributed by atoms with Gasteiger partial charge in [0.25, 0.3) is 0 Å². The Bertz CT molecular complexity index is 444. The largest absolute Gasteiger partial charge is 0.382 e. The lowest BCUT2D eigenvalue weighted by molar-refractivity contribution is 0.470. The fourth-order valence-corrected chi connectivity index (χ4v) is 3.34. The molecule has 0 bridgehead atoms. The predicted molar refractivity (Wildman–Crippen MR) is 61.6 cm³/mol. The van der Waals surface area contributed by atoms with Crippen LogP contribution in [0.1, 0.15) is 19.3 Å². The molecule has 2 rings (SSSR count). The average Bonchev–Trinajstić information content (AvgIpc) is 2.66. The van der Waals surface area contributed by atoms with Crippen molar-refractivity contribution in [2.45, 2.75) is 30.6 Å². The normalized spacial score (nSPS) is 25.6. The Balaban J connectivity index is 2.09. The summed E-state index contributed by atoms with van der Waals surface area (Å²) in [5, 5.41) is -0.456. The molecule has 0 radical (unpaired) electrons. The molecule has 4 nitrogen and oxygen atoms in total. The summed E-state index contributed by atoms with van der Waals surface area (Å²) in [6.07, 6.45) is 1.84. The first-order chi connectivity index (χ1) is 7.58. The Morgan fingerprint density at radius 1 is 1.19 bits per heavy atom. The number of para-hydroxylation sites is 1. The van der Waals surface area contributed by atoms with Crippen LogP contribution in [-0.4, -0.2) is 19.7 Å². The van der Waals surface area contributed by atoms with Crippen LogP contribution in [-0.2, 0) is 10.1 Å². The van der Waals surface area contributed by atoms with Gasteiger partial charge in [0.05, 0.1) is 5.25 Å². The van der Waals surface area contributed by atoms with Crippen molar-refractivity contribution >= 4 is 10.1 Å². The maximum Gasteiger partial charge on any atom is 0.312 e. The van der Waals surface area contributed by atoms with Gasteiger partial charge in [-0.25, -0.2) is 0 Å². The third-order valence-electron chi connectivity index (χ3n) is 2.79. The van der Waals surface area contributed by atoms with Gasteiger partial charge in [0, 0.05) is 6.04 Å². The molecular weight excluding hydrogens is 226 g/mol. The minimum absolute atomic E-state index is 0.0147. The summed E-state index contributed by atoms with van der Waals surface area (Å²) in [7, 11) is -3.53. The smallest absolute Gasteiger partial charge is 0.312 e. The highest BCUT2D eigenvalue weighted by Gasteiger charge is 2.34. The lowest BCUT2D eigenvalue weighted by atomic mass is 10.3. The van der Waals surface area contributed by atoms with Crippen LogP contribution in [0.4, 0.5) is 0 Å². The molecule has 0 saturated heterocycles. The van der Waals surface area contributed by atoms with E-state index >= 15 is 0 Å². The van der Waals surface area contributed by atoms with Crippen LogP contribution in [0.5, 0.6) is 5.75 Å². The number of benzene rings is 1. The quantitative estimate of drug-likeness (QED) is 0.809. The van der Waals surface area contributed by atoms with E-state index in [1.807, 2.05) is 6.07 Å². The molecule has 16 heavy (non-hydrogen) atoms. The van der Waals surface area contributed by atoms with Crippen molar-refractivity contribution in [1.29, 1.82) is 0 Å². The lowest BCUT2D eigenvalue weighted by Crippen LogP contribution is -2.25. The first kappa shape index (κ1) is 11.4. The minimum atomic E-state index is -3.53. The summed E-state index contributed by atoms with van der Waals surface area (Å²) in [6.45, 7) is 0. The Hall–Kier alpha value is -1.07. The Kier molecular flexibility index (Phi) is 3.16. The molecule has 0 heterocycles. The van der Waals surface area contributed by atoms with Gasteiger partial charge in [-0.2, -0.15) is 8.42 Å². The van der Waals surface area contributed by atoms with E-state index in [0.717, 1.165) is 6.42 Å². The molecule has 0 aromatic heterocycles. The second-order valence-electron chi connectivity index (χ2n) is 4.08. The second kappa shape index (κ2) is 4.43. The molecule has 2 unspecified atom stereocenters. The molecule has 1 aliphatic carbocycles. The van der Waals surface area contributed by atoms with Crippen molar-refractivity contribution in [1.82, 2.24) is 0 Å². The second-order valence-corrected chi connectivity index (χ2v) is 5.90. The lowest BCUT2D eigenvalue weighted by Gasteiger charge is -2.12. The van der Waals surface area contributed by atoms with Gasteiger partial charge in [-0.3, -0.25) is 0 Å². The summed E-state index contributed by atoms with van der Waals surface area (Å²) >= 11 is 0. The predicted octanol–water partition coefficient (Wildman–Crippen LogP) is 1.27. The molecule has 1 aromatic rings. The standard InChI is InChI=1S/C11H15NO3S/c12-9-6-7-11(8-9)16(13,14)15-10-4-2-1-3-5-10/h1-5,9,11H,6-8,12H2. The number of hydrogen-bond donors (Lipinski definition) is 1. The highest BCUT2D eigenvalue weighted by Crippen LogP contribution is 2.26. The van der Waals surface area contributed by atoms with Crippen molar-refractivity contribution < 1.29 is 12.6 Å². The van der Waals surface area contributed by atoms with Gasteiger partial charge in [-0.05, 0) is 31.4 Å². The average molecular weight is 241 g/mol. The molecule has 0 amide bonds. The Morgan fingerprint density at radius 3 is 2.44 bits per heavy atom. The van der Waals surface area contributed by atoms with Crippen LogP contribution >= 0.6 is 0 Å². The van der Waals surface area contributed by atoms with Gasteiger partial charge < -0.3 is 9.92 Å². The number of rotatable bonds is 3. The van der Waals surface area contributed by atoms with E-state index in [1.165, 1.54) is 0 Å². The monoisotopic (exact) mass is 241 g/mol. The van der Waals surface area contributed by atoms with Gasteiger partial charge in [-0.15, -0.1) is 0 Å². The summed E-state index contributed by atoms with van der Waals surface area (Å²) in [4.78, 5) is 0.